The molecule has 4 N–H and O–H groups in total. The topological polar surface area (TPSA) is 178 Å². The zero-order valence-electron chi connectivity index (χ0n) is 43.2. The van der Waals surface area contributed by atoms with E-state index in [1.807, 2.05) is 0 Å². The van der Waals surface area contributed by atoms with Crippen LogP contribution in [0.15, 0.2) is 0 Å². The Morgan fingerprint density at radius 3 is 1.19 bits per heavy atom. The summed E-state index contributed by atoms with van der Waals surface area (Å²) < 4.78 is 59.3. The molecule has 0 spiro atoms. The molecule has 0 saturated carbocycles. The Morgan fingerprint density at radius 2 is 0.851 bits per heavy atom. The SMILES string of the molecule is CCCCCCCCCCCCCCCCCCCCCCCCCCCCOCC(COC1OC(CO)C(O)C(OS(=O)(=O)O)C1O)OC(=O)CCCCCCCCCCCCCCCC. The van der Waals surface area contributed by atoms with Crippen molar-refractivity contribution in [2.75, 3.05) is 26.4 Å². The van der Waals surface area contributed by atoms with Crippen LogP contribution in [0.4, 0.5) is 0 Å². The maximum absolute atomic E-state index is 12.9. The standard InChI is InChI=1S/C54H106O12S/c1-3-5-7-9-11-13-15-17-19-20-21-22-23-24-25-26-27-28-29-30-32-34-36-38-40-42-44-62-46-48(47-63-54-52(58)53(66-67(59,60)61)51(57)49(45-55)65-54)64-50(56)43-41-39-37-35-33-31-18-16-14-12-10-8-6-4-2/h48-49,51-55,57-58H,3-47H2,1-2H3,(H,59,60,61). The normalized spacial score (nSPS) is 19.3. The lowest BCUT2D eigenvalue weighted by molar-refractivity contribution is -0.301. The van der Waals surface area contributed by atoms with Gasteiger partial charge in [0, 0.05) is 13.0 Å². The van der Waals surface area contributed by atoms with Crippen molar-refractivity contribution >= 4 is 16.4 Å². The minimum atomic E-state index is -5.06. The molecule has 1 rings (SSSR count). The molecule has 0 aromatic carbocycles. The first-order valence-electron chi connectivity index (χ1n) is 28.3. The predicted octanol–water partition coefficient (Wildman–Crippen LogP) is 13.6. The number of hydrogen-bond donors (Lipinski definition) is 4. The van der Waals surface area contributed by atoms with E-state index in [4.69, 9.17) is 18.9 Å². The number of hydrogen-bond acceptors (Lipinski definition) is 11. The highest BCUT2D eigenvalue weighted by Crippen LogP contribution is 2.26. The van der Waals surface area contributed by atoms with E-state index in [0.717, 1.165) is 38.5 Å². The molecule has 0 radical (unpaired) electrons. The number of esters is 1. The van der Waals surface area contributed by atoms with Gasteiger partial charge in [0.25, 0.3) is 0 Å². The van der Waals surface area contributed by atoms with Gasteiger partial charge in [0.1, 0.15) is 30.5 Å². The Morgan fingerprint density at radius 1 is 0.507 bits per heavy atom. The second kappa shape index (κ2) is 46.2. The molecule has 400 valence electrons. The third kappa shape index (κ3) is 39.4. The van der Waals surface area contributed by atoms with Crippen LogP contribution in [-0.4, -0.2) is 97.5 Å². The van der Waals surface area contributed by atoms with Crippen molar-refractivity contribution in [2.24, 2.45) is 0 Å². The molecule has 6 unspecified atom stereocenters. The lowest BCUT2D eigenvalue weighted by atomic mass is 9.99. The Balaban J connectivity index is 2.24. The second-order valence-electron chi connectivity index (χ2n) is 19.9. The first kappa shape index (κ1) is 64.1. The smallest absolute Gasteiger partial charge is 0.397 e. The summed E-state index contributed by atoms with van der Waals surface area (Å²) in [7, 11) is -5.06. The van der Waals surface area contributed by atoms with E-state index in [9.17, 15) is 33.1 Å². The maximum Gasteiger partial charge on any atom is 0.397 e. The molecule has 1 saturated heterocycles. The monoisotopic (exact) mass is 979 g/mol. The fourth-order valence-electron chi connectivity index (χ4n) is 9.21. The third-order valence-corrected chi connectivity index (χ3v) is 13.9. The van der Waals surface area contributed by atoms with E-state index >= 15 is 0 Å². The summed E-state index contributed by atoms with van der Waals surface area (Å²) in [4.78, 5) is 12.9. The van der Waals surface area contributed by atoms with Crippen LogP contribution in [0.5, 0.6) is 0 Å². The minimum absolute atomic E-state index is 0.0454. The summed E-state index contributed by atoms with van der Waals surface area (Å²) in [6.45, 7) is 4.06. The lowest BCUT2D eigenvalue weighted by Gasteiger charge is -2.41. The van der Waals surface area contributed by atoms with Crippen LogP contribution < -0.4 is 0 Å². The molecule has 0 aromatic rings. The van der Waals surface area contributed by atoms with Crippen molar-refractivity contribution in [3.05, 3.63) is 0 Å². The lowest BCUT2D eigenvalue weighted by Crippen LogP contribution is -2.60. The Bertz CT molecular complexity index is 1180. The number of ether oxygens (including phenoxy) is 4. The molecule has 1 heterocycles. The first-order chi connectivity index (χ1) is 32.6. The van der Waals surface area contributed by atoms with Gasteiger partial charge in [-0.25, -0.2) is 4.18 Å². The van der Waals surface area contributed by atoms with Gasteiger partial charge in [-0.05, 0) is 12.8 Å². The number of rotatable bonds is 51. The van der Waals surface area contributed by atoms with Crippen molar-refractivity contribution < 1.29 is 56.2 Å². The van der Waals surface area contributed by atoms with Crippen molar-refractivity contribution in [1.82, 2.24) is 0 Å². The maximum atomic E-state index is 12.9. The van der Waals surface area contributed by atoms with E-state index in [1.54, 1.807) is 0 Å². The highest BCUT2D eigenvalue weighted by atomic mass is 32.3. The number of carbonyl (C=O) groups excluding carboxylic acids is 1. The van der Waals surface area contributed by atoms with Crippen LogP contribution >= 0.6 is 0 Å². The van der Waals surface area contributed by atoms with Gasteiger partial charge in [0.2, 0.25) is 0 Å². The fraction of sp³-hybridized carbons (Fsp3) is 0.981. The molecule has 12 nitrogen and oxygen atoms in total. The zero-order chi connectivity index (χ0) is 48.9. The highest BCUT2D eigenvalue weighted by Gasteiger charge is 2.48. The molecule has 1 aliphatic heterocycles. The van der Waals surface area contributed by atoms with Crippen molar-refractivity contribution in [1.29, 1.82) is 0 Å². The molecular weight excluding hydrogens is 873 g/mol. The van der Waals surface area contributed by atoms with Gasteiger partial charge < -0.3 is 34.3 Å². The van der Waals surface area contributed by atoms with Gasteiger partial charge in [-0.1, -0.05) is 258 Å². The number of aliphatic hydroxyl groups is 3. The molecule has 0 aliphatic carbocycles. The van der Waals surface area contributed by atoms with Gasteiger partial charge in [-0.3, -0.25) is 9.35 Å². The Labute approximate surface area is 411 Å². The molecule has 6 atom stereocenters. The Kier molecular flexibility index (Phi) is 44.2. The zero-order valence-corrected chi connectivity index (χ0v) is 44.1. The summed E-state index contributed by atoms with van der Waals surface area (Å²) >= 11 is 0. The minimum Gasteiger partial charge on any atom is -0.457 e. The number of aliphatic hydroxyl groups excluding tert-OH is 3. The van der Waals surface area contributed by atoms with Crippen LogP contribution in [0.25, 0.3) is 0 Å². The summed E-state index contributed by atoms with van der Waals surface area (Å²) in [5, 5.41) is 30.8. The molecule has 0 amide bonds. The summed E-state index contributed by atoms with van der Waals surface area (Å²) in [6.07, 6.45) is 43.0. The molecule has 67 heavy (non-hydrogen) atoms. The van der Waals surface area contributed by atoms with Crippen LogP contribution in [0.3, 0.4) is 0 Å². The van der Waals surface area contributed by atoms with E-state index in [-0.39, 0.29) is 19.6 Å². The fourth-order valence-corrected chi connectivity index (χ4v) is 9.72. The highest BCUT2D eigenvalue weighted by molar-refractivity contribution is 7.80. The molecular formula is C54H106O12S. The van der Waals surface area contributed by atoms with Crippen molar-refractivity contribution in [2.45, 2.75) is 314 Å². The summed E-state index contributed by atoms with van der Waals surface area (Å²) in [6, 6.07) is 0. The third-order valence-electron chi connectivity index (χ3n) is 13.5. The van der Waals surface area contributed by atoms with Crippen LogP contribution in [0, 0.1) is 0 Å². The first-order valence-corrected chi connectivity index (χ1v) is 29.7. The van der Waals surface area contributed by atoms with Crippen LogP contribution in [-0.2, 0) is 38.3 Å². The van der Waals surface area contributed by atoms with Crippen LogP contribution in [0.1, 0.15) is 277 Å². The summed E-state index contributed by atoms with van der Waals surface area (Å²) in [5.74, 6) is -0.391. The molecule has 1 aliphatic rings. The molecule has 0 bridgehead atoms. The van der Waals surface area contributed by atoms with E-state index in [0.29, 0.717) is 13.0 Å². The van der Waals surface area contributed by atoms with E-state index < -0.39 is 59.8 Å². The van der Waals surface area contributed by atoms with E-state index in [1.165, 1.54) is 212 Å². The number of carbonyl (C=O) groups is 1. The second-order valence-corrected chi connectivity index (χ2v) is 20.9. The average Bonchev–Trinajstić information content (AvgIpc) is 3.30. The Hall–Kier alpha value is -0.900. The van der Waals surface area contributed by atoms with Gasteiger partial charge in [-0.15, -0.1) is 0 Å². The quantitative estimate of drug-likeness (QED) is 0.0258. The summed E-state index contributed by atoms with van der Waals surface area (Å²) in [5.41, 5.74) is 0. The van der Waals surface area contributed by atoms with Gasteiger partial charge >= 0.3 is 16.4 Å². The van der Waals surface area contributed by atoms with Gasteiger partial charge in [0.15, 0.2) is 6.29 Å². The average molecular weight is 979 g/mol. The molecule has 13 heteroatoms. The molecule has 0 aromatic heterocycles. The van der Waals surface area contributed by atoms with Gasteiger partial charge in [-0.2, -0.15) is 8.42 Å². The predicted molar refractivity (Wildman–Crippen MR) is 271 cm³/mol. The van der Waals surface area contributed by atoms with Crippen molar-refractivity contribution in [3.63, 3.8) is 0 Å². The van der Waals surface area contributed by atoms with Crippen molar-refractivity contribution in [3.8, 4) is 0 Å². The largest absolute Gasteiger partial charge is 0.457 e. The van der Waals surface area contributed by atoms with Crippen LogP contribution in [0.2, 0.25) is 0 Å². The van der Waals surface area contributed by atoms with Gasteiger partial charge in [0.05, 0.1) is 19.8 Å². The molecule has 1 fully saturated rings. The number of unbranched alkanes of at least 4 members (excludes halogenated alkanes) is 38. The van der Waals surface area contributed by atoms with E-state index in [2.05, 4.69) is 18.0 Å².